The molecule has 0 unspecified atom stereocenters. The van der Waals surface area contributed by atoms with Crippen LogP contribution in [0.25, 0.3) is 0 Å². The van der Waals surface area contributed by atoms with Crippen molar-refractivity contribution in [1.29, 1.82) is 0 Å². The van der Waals surface area contributed by atoms with Gasteiger partial charge in [-0.2, -0.15) is 4.98 Å². The molecule has 3 aromatic carbocycles. The Morgan fingerprint density at radius 2 is 1.24 bits per heavy atom. The second-order valence-electron chi connectivity index (χ2n) is 7.92. The molecule has 37 heavy (non-hydrogen) atoms. The minimum absolute atomic E-state index is 0.385. The number of carbonyl (C=O) groups excluding carboxylic acids is 1. The van der Waals surface area contributed by atoms with Crippen molar-refractivity contribution >= 4 is 40.5 Å². The third-order valence-electron chi connectivity index (χ3n) is 5.26. The summed E-state index contributed by atoms with van der Waals surface area (Å²) in [6, 6.07) is 21.4. The van der Waals surface area contributed by atoms with Crippen LogP contribution in [-0.4, -0.2) is 37.3 Å². The van der Waals surface area contributed by atoms with Crippen LogP contribution < -0.4 is 35.5 Å². The van der Waals surface area contributed by atoms with Gasteiger partial charge in [0, 0.05) is 40.6 Å². The number of hydrogen-bond acceptors (Lipinski definition) is 8. The standard InChI is InChI=1S/C27H28N6O4/c1-17-15-25(29-18-9-12-22(35-2)13-10-18)33-26(28-17)30-19-5-7-20(8-6-19)31-27(34)32-21-11-14-23(36-3)24(16-21)37-4/h5-16H,1-4H3,(H2,31,32,34)(H2,28,29,30,33). The van der Waals surface area contributed by atoms with Crippen molar-refractivity contribution in [2.24, 2.45) is 0 Å². The summed E-state index contributed by atoms with van der Waals surface area (Å²) in [5, 5.41) is 12.0. The van der Waals surface area contributed by atoms with Crippen LogP contribution in [0, 0.1) is 6.92 Å². The fourth-order valence-corrected chi connectivity index (χ4v) is 3.48. The minimum Gasteiger partial charge on any atom is -0.497 e. The van der Waals surface area contributed by atoms with Crippen molar-refractivity contribution < 1.29 is 19.0 Å². The molecule has 0 atom stereocenters. The summed E-state index contributed by atoms with van der Waals surface area (Å²) in [7, 11) is 4.72. The Morgan fingerprint density at radius 3 is 1.92 bits per heavy atom. The largest absolute Gasteiger partial charge is 0.497 e. The van der Waals surface area contributed by atoms with Gasteiger partial charge in [0.05, 0.1) is 21.3 Å². The average Bonchev–Trinajstić information content (AvgIpc) is 2.90. The summed E-state index contributed by atoms with van der Waals surface area (Å²) in [5.74, 6) is 2.99. The van der Waals surface area contributed by atoms with Crippen molar-refractivity contribution in [1.82, 2.24) is 9.97 Å². The number of methoxy groups -OCH3 is 3. The molecular formula is C27H28N6O4. The average molecular weight is 501 g/mol. The first kappa shape index (κ1) is 25.1. The van der Waals surface area contributed by atoms with Gasteiger partial charge in [-0.1, -0.05) is 0 Å². The molecule has 190 valence electrons. The number of benzene rings is 3. The number of aromatic nitrogens is 2. The maximum Gasteiger partial charge on any atom is 0.323 e. The van der Waals surface area contributed by atoms with E-state index in [1.807, 2.05) is 49.4 Å². The summed E-state index contributed by atoms with van der Waals surface area (Å²) >= 11 is 0. The summed E-state index contributed by atoms with van der Waals surface area (Å²) in [4.78, 5) is 21.4. The number of ether oxygens (including phenoxy) is 3. The summed E-state index contributed by atoms with van der Waals surface area (Å²) in [6.45, 7) is 1.90. The monoisotopic (exact) mass is 500 g/mol. The smallest absolute Gasteiger partial charge is 0.323 e. The van der Waals surface area contributed by atoms with Gasteiger partial charge < -0.3 is 35.5 Å². The zero-order valence-electron chi connectivity index (χ0n) is 21.0. The van der Waals surface area contributed by atoms with Crippen LogP contribution >= 0.6 is 0 Å². The lowest BCUT2D eigenvalue weighted by atomic mass is 10.2. The van der Waals surface area contributed by atoms with Crippen LogP contribution in [0.2, 0.25) is 0 Å². The molecule has 0 bridgehead atoms. The van der Waals surface area contributed by atoms with Gasteiger partial charge in [0.1, 0.15) is 11.6 Å². The van der Waals surface area contributed by atoms with E-state index in [0.717, 1.165) is 22.8 Å². The lowest BCUT2D eigenvalue weighted by Gasteiger charge is -2.12. The predicted molar refractivity (Wildman–Crippen MR) is 145 cm³/mol. The predicted octanol–water partition coefficient (Wildman–Crippen LogP) is 5.94. The number of aryl methyl sites for hydroxylation is 1. The van der Waals surface area contributed by atoms with Gasteiger partial charge >= 0.3 is 6.03 Å². The molecule has 0 fully saturated rings. The molecule has 0 saturated carbocycles. The molecule has 2 amide bonds. The lowest BCUT2D eigenvalue weighted by molar-refractivity contribution is 0.262. The number of hydrogen-bond donors (Lipinski definition) is 4. The normalized spacial score (nSPS) is 10.3. The molecule has 0 aliphatic rings. The number of urea groups is 1. The van der Waals surface area contributed by atoms with Gasteiger partial charge in [0.15, 0.2) is 11.5 Å². The maximum atomic E-state index is 12.4. The van der Waals surface area contributed by atoms with Crippen LogP contribution in [0.5, 0.6) is 17.2 Å². The second-order valence-corrected chi connectivity index (χ2v) is 7.92. The van der Waals surface area contributed by atoms with Crippen LogP contribution in [0.15, 0.2) is 72.8 Å². The molecule has 10 nitrogen and oxygen atoms in total. The molecule has 1 heterocycles. The van der Waals surface area contributed by atoms with Crippen molar-refractivity contribution in [3.05, 3.63) is 78.5 Å². The topological polar surface area (TPSA) is 119 Å². The van der Waals surface area contributed by atoms with Crippen LogP contribution in [0.4, 0.5) is 39.3 Å². The number of amides is 2. The lowest BCUT2D eigenvalue weighted by Crippen LogP contribution is -2.19. The Bertz CT molecular complexity index is 1360. The molecule has 0 spiro atoms. The van der Waals surface area contributed by atoms with Crippen molar-refractivity contribution in [2.75, 3.05) is 42.6 Å². The van der Waals surface area contributed by atoms with Gasteiger partial charge in [-0.15, -0.1) is 0 Å². The SMILES string of the molecule is COc1ccc(Nc2cc(C)nc(Nc3ccc(NC(=O)Nc4ccc(OC)c(OC)c4)cc3)n2)cc1. The number of nitrogens with zero attached hydrogens (tertiary/aromatic N) is 2. The Balaban J connectivity index is 1.37. The van der Waals surface area contributed by atoms with Crippen LogP contribution in [-0.2, 0) is 0 Å². The van der Waals surface area contributed by atoms with Crippen molar-refractivity contribution in [2.45, 2.75) is 6.92 Å². The second kappa shape index (κ2) is 11.6. The molecular weight excluding hydrogens is 472 g/mol. The molecule has 1 aromatic heterocycles. The fourth-order valence-electron chi connectivity index (χ4n) is 3.48. The van der Waals surface area contributed by atoms with Gasteiger partial charge in [0.25, 0.3) is 0 Å². The molecule has 0 aliphatic heterocycles. The quantitative estimate of drug-likeness (QED) is 0.223. The zero-order chi connectivity index (χ0) is 26.2. The van der Waals surface area contributed by atoms with E-state index in [1.54, 1.807) is 44.6 Å². The molecule has 4 aromatic rings. The molecule has 0 radical (unpaired) electrons. The summed E-state index contributed by atoms with van der Waals surface area (Å²) < 4.78 is 15.7. The first-order chi connectivity index (χ1) is 17.9. The molecule has 0 aliphatic carbocycles. The van der Waals surface area contributed by atoms with E-state index in [-0.39, 0.29) is 6.03 Å². The Kier molecular flexibility index (Phi) is 7.89. The van der Waals surface area contributed by atoms with Gasteiger partial charge in [-0.3, -0.25) is 0 Å². The molecule has 10 heteroatoms. The highest BCUT2D eigenvalue weighted by molar-refractivity contribution is 6.00. The van der Waals surface area contributed by atoms with Crippen LogP contribution in [0.3, 0.4) is 0 Å². The fraction of sp³-hybridized carbons (Fsp3) is 0.148. The summed E-state index contributed by atoms with van der Waals surface area (Å²) in [5.41, 5.74) is 3.65. The van der Waals surface area contributed by atoms with Crippen molar-refractivity contribution in [3.8, 4) is 17.2 Å². The van der Waals surface area contributed by atoms with E-state index < -0.39 is 0 Å². The van der Waals surface area contributed by atoms with Gasteiger partial charge in [0.2, 0.25) is 5.95 Å². The van der Waals surface area contributed by atoms with Crippen molar-refractivity contribution in [3.63, 3.8) is 0 Å². The number of carbonyl (C=O) groups is 1. The van der Waals surface area contributed by atoms with Crippen LogP contribution in [0.1, 0.15) is 5.69 Å². The molecule has 4 rings (SSSR count). The highest BCUT2D eigenvalue weighted by Gasteiger charge is 2.09. The Labute approximate surface area is 215 Å². The van der Waals surface area contributed by atoms with E-state index in [0.29, 0.717) is 34.6 Å². The number of anilines is 6. The van der Waals surface area contributed by atoms with Gasteiger partial charge in [-0.25, -0.2) is 9.78 Å². The first-order valence-electron chi connectivity index (χ1n) is 11.4. The third-order valence-corrected chi connectivity index (χ3v) is 5.26. The Hall–Kier alpha value is -4.99. The summed E-state index contributed by atoms with van der Waals surface area (Å²) in [6.07, 6.45) is 0. The minimum atomic E-state index is -0.385. The van der Waals surface area contributed by atoms with E-state index in [2.05, 4.69) is 31.2 Å². The van der Waals surface area contributed by atoms with E-state index >= 15 is 0 Å². The molecule has 4 N–H and O–H groups in total. The third kappa shape index (κ3) is 6.79. The molecule has 0 saturated heterocycles. The highest BCUT2D eigenvalue weighted by atomic mass is 16.5. The van der Waals surface area contributed by atoms with E-state index in [1.165, 1.54) is 7.11 Å². The van der Waals surface area contributed by atoms with Gasteiger partial charge in [-0.05, 0) is 67.6 Å². The first-order valence-corrected chi connectivity index (χ1v) is 11.4. The highest BCUT2D eigenvalue weighted by Crippen LogP contribution is 2.30. The van der Waals surface area contributed by atoms with E-state index in [4.69, 9.17) is 14.2 Å². The van der Waals surface area contributed by atoms with E-state index in [9.17, 15) is 4.79 Å². The number of rotatable bonds is 9. The zero-order valence-corrected chi connectivity index (χ0v) is 21.0. The Morgan fingerprint density at radius 1 is 0.649 bits per heavy atom. The maximum absolute atomic E-state index is 12.4. The number of nitrogens with one attached hydrogen (secondary N) is 4.